The number of rotatable bonds is 3. The minimum Gasteiger partial charge on any atom is -0.444 e. The van der Waals surface area contributed by atoms with Crippen LogP contribution >= 0.6 is 24.0 Å². The number of aryl methyl sites for hydroxylation is 1. The number of carbonyl (C=O) groups excluding carboxylic acids is 1. The van der Waals surface area contributed by atoms with Gasteiger partial charge in [-0.3, -0.25) is 4.99 Å². The van der Waals surface area contributed by atoms with Gasteiger partial charge in [-0.25, -0.2) is 4.79 Å². The van der Waals surface area contributed by atoms with Crippen molar-refractivity contribution in [3.63, 3.8) is 0 Å². The van der Waals surface area contributed by atoms with Crippen molar-refractivity contribution in [3.05, 3.63) is 11.6 Å². The number of ether oxygens (including phenoxy) is 1. The Morgan fingerprint density at radius 1 is 1.33 bits per heavy atom. The van der Waals surface area contributed by atoms with E-state index in [0.717, 1.165) is 50.0 Å². The van der Waals surface area contributed by atoms with E-state index in [1.807, 2.05) is 20.8 Å². The SMILES string of the molecule is CN=C(NCc1nnc2n1CCC2)N1CCC(NC(=O)OC(C)(C)C)C1.I. The fraction of sp³-hybridized carbons (Fsp3) is 0.765. The van der Waals surface area contributed by atoms with E-state index >= 15 is 0 Å². The fourth-order valence-electron chi connectivity index (χ4n) is 3.38. The highest BCUT2D eigenvalue weighted by Crippen LogP contribution is 2.15. The topological polar surface area (TPSA) is 96.7 Å². The first-order chi connectivity index (χ1) is 12.4. The van der Waals surface area contributed by atoms with Crippen molar-refractivity contribution >= 4 is 36.0 Å². The van der Waals surface area contributed by atoms with E-state index in [0.29, 0.717) is 13.1 Å². The van der Waals surface area contributed by atoms with Gasteiger partial charge in [-0.15, -0.1) is 34.2 Å². The predicted octanol–water partition coefficient (Wildman–Crippen LogP) is 1.52. The van der Waals surface area contributed by atoms with Gasteiger partial charge in [0.15, 0.2) is 11.8 Å². The van der Waals surface area contributed by atoms with E-state index in [1.54, 1.807) is 7.05 Å². The van der Waals surface area contributed by atoms with Crippen molar-refractivity contribution in [1.82, 2.24) is 30.3 Å². The van der Waals surface area contributed by atoms with Gasteiger partial charge in [0.05, 0.1) is 12.6 Å². The molecule has 1 amide bonds. The monoisotopic (exact) mass is 491 g/mol. The van der Waals surface area contributed by atoms with Gasteiger partial charge in [-0.2, -0.15) is 0 Å². The molecule has 1 aromatic rings. The average Bonchev–Trinajstić information content (AvgIpc) is 3.24. The second-order valence-electron chi connectivity index (χ2n) is 7.77. The zero-order chi connectivity index (χ0) is 18.7. The first kappa shape index (κ1) is 21.7. The van der Waals surface area contributed by atoms with Gasteiger partial charge in [-0.05, 0) is 33.6 Å². The summed E-state index contributed by atoms with van der Waals surface area (Å²) in [6.07, 6.45) is 2.63. The molecule has 3 rings (SSSR count). The van der Waals surface area contributed by atoms with Crippen LogP contribution in [0.4, 0.5) is 4.79 Å². The number of carbonyl (C=O) groups is 1. The summed E-state index contributed by atoms with van der Waals surface area (Å²) in [5.41, 5.74) is -0.488. The van der Waals surface area contributed by atoms with Crippen LogP contribution in [0.25, 0.3) is 0 Å². The van der Waals surface area contributed by atoms with Crippen molar-refractivity contribution in [2.75, 3.05) is 20.1 Å². The maximum absolute atomic E-state index is 11.9. The van der Waals surface area contributed by atoms with Crippen LogP contribution in [0.15, 0.2) is 4.99 Å². The Morgan fingerprint density at radius 3 is 2.81 bits per heavy atom. The number of nitrogens with zero attached hydrogens (tertiary/aromatic N) is 5. The summed E-state index contributed by atoms with van der Waals surface area (Å²) >= 11 is 0. The second kappa shape index (κ2) is 9.07. The molecule has 2 aliphatic heterocycles. The number of halogens is 1. The molecule has 2 aliphatic rings. The number of aliphatic imine (C=N–C) groups is 1. The quantitative estimate of drug-likeness (QED) is 0.378. The molecule has 27 heavy (non-hydrogen) atoms. The number of alkyl carbamates (subject to hydrolysis) is 1. The number of amides is 1. The normalized spacial score (nSPS) is 19.5. The molecule has 1 unspecified atom stereocenters. The molecule has 2 N–H and O–H groups in total. The average molecular weight is 491 g/mol. The van der Waals surface area contributed by atoms with Gasteiger partial charge in [0.2, 0.25) is 0 Å². The molecular formula is C17H30IN7O2. The smallest absolute Gasteiger partial charge is 0.407 e. The maximum Gasteiger partial charge on any atom is 0.407 e. The molecule has 10 heteroatoms. The maximum atomic E-state index is 11.9. The summed E-state index contributed by atoms with van der Waals surface area (Å²) in [5.74, 6) is 2.83. The summed E-state index contributed by atoms with van der Waals surface area (Å²) in [6.45, 7) is 8.71. The summed E-state index contributed by atoms with van der Waals surface area (Å²) < 4.78 is 7.51. The van der Waals surface area contributed by atoms with Crippen LogP contribution in [-0.4, -0.2) is 63.5 Å². The Balaban J connectivity index is 0.00000261. The van der Waals surface area contributed by atoms with Crippen LogP contribution in [0.5, 0.6) is 0 Å². The van der Waals surface area contributed by atoms with Gasteiger partial charge in [0.1, 0.15) is 11.4 Å². The predicted molar refractivity (Wildman–Crippen MR) is 113 cm³/mol. The summed E-state index contributed by atoms with van der Waals surface area (Å²) in [6, 6.07) is 0.0562. The minimum atomic E-state index is -0.488. The molecular weight excluding hydrogens is 461 g/mol. The molecule has 1 fully saturated rings. The zero-order valence-electron chi connectivity index (χ0n) is 16.5. The number of aromatic nitrogens is 3. The molecule has 0 radical (unpaired) electrons. The van der Waals surface area contributed by atoms with Crippen LogP contribution in [0, 0.1) is 0 Å². The van der Waals surface area contributed by atoms with Crippen molar-refractivity contribution in [1.29, 1.82) is 0 Å². The number of hydrogen-bond donors (Lipinski definition) is 2. The first-order valence-electron chi connectivity index (χ1n) is 9.22. The molecule has 0 spiro atoms. The van der Waals surface area contributed by atoms with Crippen molar-refractivity contribution in [2.45, 2.75) is 64.8 Å². The first-order valence-corrected chi connectivity index (χ1v) is 9.22. The lowest BCUT2D eigenvalue weighted by atomic mass is 10.2. The van der Waals surface area contributed by atoms with Crippen LogP contribution in [0.3, 0.4) is 0 Å². The summed E-state index contributed by atoms with van der Waals surface area (Å²) in [7, 11) is 1.77. The van der Waals surface area contributed by atoms with E-state index in [1.165, 1.54) is 0 Å². The molecule has 0 aliphatic carbocycles. The van der Waals surface area contributed by atoms with E-state index in [4.69, 9.17) is 4.74 Å². The Bertz CT molecular complexity index is 683. The largest absolute Gasteiger partial charge is 0.444 e. The van der Waals surface area contributed by atoms with Crippen LogP contribution in [-0.2, 0) is 24.2 Å². The third-order valence-electron chi connectivity index (χ3n) is 4.51. The summed E-state index contributed by atoms with van der Waals surface area (Å²) in [5, 5.41) is 14.8. The van der Waals surface area contributed by atoms with Crippen LogP contribution in [0.2, 0.25) is 0 Å². The Kier molecular flexibility index (Phi) is 7.29. The lowest BCUT2D eigenvalue weighted by Gasteiger charge is -2.23. The van der Waals surface area contributed by atoms with Crippen molar-refractivity contribution in [2.24, 2.45) is 4.99 Å². The minimum absolute atomic E-state index is 0. The Hall–Kier alpha value is -1.59. The highest BCUT2D eigenvalue weighted by Gasteiger charge is 2.28. The fourth-order valence-corrected chi connectivity index (χ4v) is 3.38. The molecule has 0 saturated carbocycles. The molecule has 9 nitrogen and oxygen atoms in total. The lowest BCUT2D eigenvalue weighted by Crippen LogP contribution is -2.44. The number of fused-ring (bicyclic) bond motifs is 1. The molecule has 3 heterocycles. The van der Waals surface area contributed by atoms with Gasteiger partial charge >= 0.3 is 6.09 Å². The lowest BCUT2D eigenvalue weighted by molar-refractivity contribution is 0.0507. The Labute approximate surface area is 177 Å². The Morgan fingerprint density at radius 2 is 2.11 bits per heavy atom. The highest BCUT2D eigenvalue weighted by atomic mass is 127. The van der Waals surface area contributed by atoms with Gasteiger partial charge < -0.3 is 24.8 Å². The van der Waals surface area contributed by atoms with E-state index in [9.17, 15) is 4.79 Å². The van der Waals surface area contributed by atoms with E-state index < -0.39 is 5.60 Å². The third kappa shape index (κ3) is 5.69. The number of nitrogens with one attached hydrogen (secondary N) is 2. The molecule has 152 valence electrons. The number of guanidine groups is 1. The molecule has 1 aromatic heterocycles. The standard InChI is InChI=1S/C17H29N7O2.HI/c1-17(2,3)26-16(25)20-12-7-9-23(11-12)15(18-4)19-10-14-22-21-13-6-5-8-24(13)14;/h12H,5-11H2,1-4H3,(H,18,19)(H,20,25);1H. The second-order valence-corrected chi connectivity index (χ2v) is 7.77. The molecule has 0 bridgehead atoms. The van der Waals surface area contributed by atoms with Gasteiger partial charge in [-0.1, -0.05) is 0 Å². The highest BCUT2D eigenvalue weighted by molar-refractivity contribution is 14.0. The van der Waals surface area contributed by atoms with Gasteiger partial charge in [0, 0.05) is 33.1 Å². The van der Waals surface area contributed by atoms with E-state index in [2.05, 4.69) is 35.3 Å². The van der Waals surface area contributed by atoms with Gasteiger partial charge in [0.25, 0.3) is 0 Å². The molecule has 1 saturated heterocycles. The number of hydrogen-bond acceptors (Lipinski definition) is 5. The third-order valence-corrected chi connectivity index (χ3v) is 4.51. The number of likely N-dealkylation sites (tertiary alicyclic amines) is 1. The van der Waals surface area contributed by atoms with Crippen LogP contribution in [0.1, 0.15) is 45.3 Å². The van der Waals surface area contributed by atoms with E-state index in [-0.39, 0.29) is 36.1 Å². The molecule has 0 aromatic carbocycles. The van der Waals surface area contributed by atoms with Crippen LogP contribution < -0.4 is 10.6 Å². The molecule has 1 atom stereocenters. The summed E-state index contributed by atoms with van der Waals surface area (Å²) in [4.78, 5) is 18.4. The van der Waals surface area contributed by atoms with Crippen molar-refractivity contribution < 1.29 is 9.53 Å². The zero-order valence-corrected chi connectivity index (χ0v) is 18.8. The van der Waals surface area contributed by atoms with Crippen molar-refractivity contribution in [3.8, 4) is 0 Å².